The molecule has 1 amide bonds. The van der Waals surface area contributed by atoms with Crippen LogP contribution in [-0.2, 0) is 9.53 Å². The molecule has 2 heterocycles. The zero-order valence-corrected chi connectivity index (χ0v) is 13.7. The van der Waals surface area contributed by atoms with Gasteiger partial charge in [-0.05, 0) is 18.1 Å². The maximum absolute atomic E-state index is 13.5. The van der Waals surface area contributed by atoms with Crippen LogP contribution >= 0.6 is 0 Å². The number of morpholine rings is 1. The van der Waals surface area contributed by atoms with E-state index in [1.165, 1.54) is 6.07 Å². The van der Waals surface area contributed by atoms with E-state index in [2.05, 4.69) is 11.8 Å². The fraction of sp³-hybridized carbons (Fsp3) is 0.588. The van der Waals surface area contributed by atoms with E-state index in [-0.39, 0.29) is 18.3 Å². The zero-order chi connectivity index (χ0) is 17.1. The van der Waals surface area contributed by atoms with Gasteiger partial charge < -0.3 is 14.4 Å². The normalized spacial score (nSPS) is 25.0. The van der Waals surface area contributed by atoms with Crippen LogP contribution in [0, 0.1) is 17.6 Å². The highest BCUT2D eigenvalue weighted by molar-refractivity contribution is 5.78. The first-order valence-electron chi connectivity index (χ1n) is 8.22. The molecule has 0 radical (unpaired) electrons. The Kier molecular flexibility index (Phi) is 5.30. The molecule has 2 fully saturated rings. The summed E-state index contributed by atoms with van der Waals surface area (Å²) < 4.78 is 37.0. The van der Waals surface area contributed by atoms with Gasteiger partial charge in [0, 0.05) is 38.3 Å². The summed E-state index contributed by atoms with van der Waals surface area (Å²) >= 11 is 0. The molecule has 0 aromatic heterocycles. The average molecular weight is 340 g/mol. The van der Waals surface area contributed by atoms with Crippen molar-refractivity contribution < 1.29 is 23.0 Å². The fourth-order valence-corrected chi connectivity index (χ4v) is 3.36. The smallest absolute Gasteiger partial charge is 0.260 e. The first kappa shape index (κ1) is 17.1. The Bertz CT molecular complexity index is 593. The molecule has 3 rings (SSSR count). The van der Waals surface area contributed by atoms with Gasteiger partial charge >= 0.3 is 0 Å². The molecule has 0 unspecified atom stereocenters. The summed E-state index contributed by atoms with van der Waals surface area (Å²) in [5.74, 6) is -1.39. The maximum Gasteiger partial charge on any atom is 0.260 e. The van der Waals surface area contributed by atoms with Gasteiger partial charge in [-0.3, -0.25) is 9.69 Å². The maximum atomic E-state index is 13.5. The highest BCUT2D eigenvalue weighted by atomic mass is 19.1. The van der Waals surface area contributed by atoms with E-state index in [0.29, 0.717) is 25.0 Å². The number of carbonyl (C=O) groups is 1. The molecule has 2 aliphatic rings. The van der Waals surface area contributed by atoms with E-state index >= 15 is 0 Å². The molecule has 1 aromatic carbocycles. The molecule has 0 spiro atoms. The number of likely N-dealkylation sites (tertiary alicyclic amines) is 1. The molecule has 0 bridgehead atoms. The van der Waals surface area contributed by atoms with E-state index in [1.807, 2.05) is 0 Å². The average Bonchev–Trinajstić information content (AvgIpc) is 2.96. The lowest BCUT2D eigenvalue weighted by molar-refractivity contribution is -0.132. The number of hydrogen-bond acceptors (Lipinski definition) is 4. The number of rotatable bonds is 4. The molecule has 2 aliphatic heterocycles. The van der Waals surface area contributed by atoms with Crippen molar-refractivity contribution in [3.8, 4) is 5.75 Å². The largest absolute Gasteiger partial charge is 0.481 e. The first-order chi connectivity index (χ1) is 11.5. The second kappa shape index (κ2) is 7.44. The van der Waals surface area contributed by atoms with Gasteiger partial charge in [-0.15, -0.1) is 0 Å². The molecule has 5 nitrogen and oxygen atoms in total. The number of amides is 1. The summed E-state index contributed by atoms with van der Waals surface area (Å²) in [6.07, 6.45) is 0. The Morgan fingerprint density at radius 1 is 1.29 bits per heavy atom. The second-order valence-corrected chi connectivity index (χ2v) is 6.36. The van der Waals surface area contributed by atoms with E-state index in [0.717, 1.165) is 38.4 Å². The van der Waals surface area contributed by atoms with Gasteiger partial charge in [0.25, 0.3) is 5.91 Å². The Labute approximate surface area is 140 Å². The van der Waals surface area contributed by atoms with Crippen LogP contribution < -0.4 is 4.74 Å². The number of halogens is 2. The van der Waals surface area contributed by atoms with Gasteiger partial charge in [0.15, 0.2) is 18.2 Å². The van der Waals surface area contributed by atoms with E-state index in [4.69, 9.17) is 9.47 Å². The lowest BCUT2D eigenvalue weighted by Crippen LogP contribution is -2.47. The number of nitrogens with zero attached hydrogens (tertiary/aromatic N) is 2. The minimum absolute atomic E-state index is 0.110. The molecule has 0 N–H and O–H groups in total. The van der Waals surface area contributed by atoms with Crippen LogP contribution in [0.5, 0.6) is 5.75 Å². The minimum atomic E-state index is -0.802. The quantitative estimate of drug-likeness (QED) is 0.834. The molecule has 7 heteroatoms. The third kappa shape index (κ3) is 3.84. The van der Waals surface area contributed by atoms with Crippen LogP contribution in [-0.4, -0.2) is 67.7 Å². The summed E-state index contributed by atoms with van der Waals surface area (Å²) in [4.78, 5) is 16.5. The molecule has 0 aliphatic carbocycles. The third-order valence-corrected chi connectivity index (χ3v) is 4.69. The Balaban J connectivity index is 1.53. The summed E-state index contributed by atoms with van der Waals surface area (Å²) in [6.45, 7) is 6.42. The number of hydrogen-bond donors (Lipinski definition) is 0. The topological polar surface area (TPSA) is 42.0 Å². The van der Waals surface area contributed by atoms with Crippen molar-refractivity contribution in [1.82, 2.24) is 9.80 Å². The van der Waals surface area contributed by atoms with Crippen molar-refractivity contribution in [3.63, 3.8) is 0 Å². The number of carbonyl (C=O) groups excluding carboxylic acids is 1. The molecule has 2 atom stereocenters. The minimum Gasteiger partial charge on any atom is -0.481 e. The fourth-order valence-electron chi connectivity index (χ4n) is 3.36. The molecule has 0 saturated carbocycles. The molecule has 1 aromatic rings. The number of ether oxygens (including phenoxy) is 2. The SMILES string of the molecule is C[C@H]1CN(C(=O)COc2ccc(F)cc2F)C[C@H]1N1CCOCC1. The lowest BCUT2D eigenvalue weighted by atomic mass is 10.0. The van der Waals surface area contributed by atoms with Crippen molar-refractivity contribution in [2.24, 2.45) is 5.92 Å². The Morgan fingerprint density at radius 3 is 2.75 bits per heavy atom. The van der Waals surface area contributed by atoms with E-state index in [1.54, 1.807) is 4.90 Å². The standard InChI is InChI=1S/C17H22F2N2O3/c1-12-9-21(10-15(12)20-4-6-23-7-5-20)17(22)11-24-16-3-2-13(18)8-14(16)19/h2-3,8,12,15H,4-7,9-11H2,1H3/t12-,15+/m0/s1. The Hall–Kier alpha value is -1.73. The van der Waals surface area contributed by atoms with Crippen molar-refractivity contribution in [3.05, 3.63) is 29.8 Å². The van der Waals surface area contributed by atoms with Crippen LogP contribution in [0.15, 0.2) is 18.2 Å². The molecular formula is C17H22F2N2O3. The number of benzene rings is 1. The van der Waals surface area contributed by atoms with Gasteiger partial charge in [0.05, 0.1) is 13.2 Å². The zero-order valence-electron chi connectivity index (χ0n) is 13.7. The van der Waals surface area contributed by atoms with E-state index in [9.17, 15) is 13.6 Å². The molecule has 132 valence electrons. The van der Waals surface area contributed by atoms with Crippen molar-refractivity contribution in [2.45, 2.75) is 13.0 Å². The first-order valence-corrected chi connectivity index (χ1v) is 8.22. The Morgan fingerprint density at radius 2 is 2.04 bits per heavy atom. The monoisotopic (exact) mass is 340 g/mol. The summed E-state index contributed by atoms with van der Waals surface area (Å²) in [7, 11) is 0. The highest BCUT2D eigenvalue weighted by Crippen LogP contribution is 2.23. The summed E-state index contributed by atoms with van der Waals surface area (Å²) in [5, 5.41) is 0. The van der Waals surface area contributed by atoms with Gasteiger partial charge in [-0.25, -0.2) is 8.78 Å². The van der Waals surface area contributed by atoms with E-state index < -0.39 is 11.6 Å². The van der Waals surface area contributed by atoms with Gasteiger partial charge in [-0.2, -0.15) is 0 Å². The highest BCUT2D eigenvalue weighted by Gasteiger charge is 2.36. The third-order valence-electron chi connectivity index (χ3n) is 4.69. The lowest BCUT2D eigenvalue weighted by Gasteiger charge is -2.33. The van der Waals surface area contributed by atoms with Crippen molar-refractivity contribution in [1.29, 1.82) is 0 Å². The van der Waals surface area contributed by atoms with Gasteiger partial charge in [0.2, 0.25) is 0 Å². The van der Waals surface area contributed by atoms with Crippen LogP contribution in [0.1, 0.15) is 6.92 Å². The van der Waals surface area contributed by atoms with Crippen LogP contribution in [0.25, 0.3) is 0 Å². The summed E-state index contributed by atoms with van der Waals surface area (Å²) in [6, 6.07) is 3.36. The van der Waals surface area contributed by atoms with Crippen molar-refractivity contribution in [2.75, 3.05) is 46.0 Å². The van der Waals surface area contributed by atoms with Gasteiger partial charge in [-0.1, -0.05) is 6.92 Å². The van der Waals surface area contributed by atoms with Crippen LogP contribution in [0.4, 0.5) is 8.78 Å². The molecule has 2 saturated heterocycles. The molecule has 24 heavy (non-hydrogen) atoms. The van der Waals surface area contributed by atoms with Crippen LogP contribution in [0.3, 0.4) is 0 Å². The predicted octanol–water partition coefficient (Wildman–Crippen LogP) is 1.52. The predicted molar refractivity (Wildman–Crippen MR) is 83.8 cm³/mol. The van der Waals surface area contributed by atoms with Crippen LogP contribution in [0.2, 0.25) is 0 Å². The summed E-state index contributed by atoms with van der Waals surface area (Å²) in [5.41, 5.74) is 0. The van der Waals surface area contributed by atoms with Crippen molar-refractivity contribution >= 4 is 5.91 Å². The molecular weight excluding hydrogens is 318 g/mol. The second-order valence-electron chi connectivity index (χ2n) is 6.36. The van der Waals surface area contributed by atoms with Gasteiger partial charge in [0.1, 0.15) is 5.82 Å².